The van der Waals surface area contributed by atoms with Crippen molar-refractivity contribution < 1.29 is 13.2 Å². The molecule has 0 aliphatic rings. The van der Waals surface area contributed by atoms with Crippen LogP contribution in [0, 0.1) is 0 Å². The quantitative estimate of drug-likeness (QED) is 0.598. The Bertz CT molecular complexity index is 899. The summed E-state index contributed by atoms with van der Waals surface area (Å²) in [4.78, 5) is 12.5. The van der Waals surface area contributed by atoms with Gasteiger partial charge >= 0.3 is 0 Å². The number of amides is 1. The Labute approximate surface area is 167 Å². The van der Waals surface area contributed by atoms with E-state index in [4.69, 9.17) is 0 Å². The first-order valence-electron chi connectivity index (χ1n) is 9.14. The van der Waals surface area contributed by atoms with Gasteiger partial charge in [-0.3, -0.25) is 4.79 Å². The van der Waals surface area contributed by atoms with Crippen LogP contribution in [0.1, 0.15) is 25.5 Å². The molecule has 0 aromatic heterocycles. The van der Waals surface area contributed by atoms with Crippen LogP contribution >= 0.6 is 0 Å². The maximum atomic E-state index is 12.4. The fraction of sp³-hybridized carbons (Fsp3) is 0.350. The van der Waals surface area contributed by atoms with Crippen molar-refractivity contribution in [2.75, 3.05) is 37.8 Å². The van der Waals surface area contributed by atoms with E-state index >= 15 is 0 Å². The van der Waals surface area contributed by atoms with Crippen LogP contribution in [0.15, 0.2) is 53.4 Å². The molecule has 2 rings (SSSR count). The summed E-state index contributed by atoms with van der Waals surface area (Å²) in [6.07, 6.45) is 0. The van der Waals surface area contributed by atoms with Gasteiger partial charge in [0.2, 0.25) is 15.9 Å². The monoisotopic (exact) mass is 404 g/mol. The Hall–Kier alpha value is -2.58. The SMILES string of the molecule is CCNc1ccc(S(=O)(=O)N(C)C)cc1NCC(=O)NC(C)c1ccccc1. The van der Waals surface area contributed by atoms with Gasteiger partial charge in [-0.05, 0) is 37.6 Å². The fourth-order valence-corrected chi connectivity index (χ4v) is 3.61. The van der Waals surface area contributed by atoms with Gasteiger partial charge in [-0.2, -0.15) is 0 Å². The highest BCUT2D eigenvalue weighted by molar-refractivity contribution is 7.89. The lowest BCUT2D eigenvalue weighted by molar-refractivity contribution is -0.120. The third kappa shape index (κ3) is 5.46. The van der Waals surface area contributed by atoms with Crippen LogP contribution in [0.3, 0.4) is 0 Å². The normalized spacial score (nSPS) is 12.5. The average molecular weight is 405 g/mol. The number of sulfonamides is 1. The molecule has 0 saturated carbocycles. The van der Waals surface area contributed by atoms with Gasteiger partial charge in [0, 0.05) is 20.6 Å². The van der Waals surface area contributed by atoms with E-state index in [2.05, 4.69) is 16.0 Å². The summed E-state index contributed by atoms with van der Waals surface area (Å²) in [5.74, 6) is -0.181. The second-order valence-corrected chi connectivity index (χ2v) is 8.73. The van der Waals surface area contributed by atoms with E-state index in [-0.39, 0.29) is 23.4 Å². The predicted molar refractivity (Wildman–Crippen MR) is 113 cm³/mol. The minimum atomic E-state index is -3.56. The van der Waals surface area contributed by atoms with Crippen molar-refractivity contribution in [3.63, 3.8) is 0 Å². The van der Waals surface area contributed by atoms with Crippen molar-refractivity contribution in [1.82, 2.24) is 9.62 Å². The highest BCUT2D eigenvalue weighted by atomic mass is 32.2. The molecule has 1 amide bonds. The minimum Gasteiger partial charge on any atom is -0.384 e. The molecule has 28 heavy (non-hydrogen) atoms. The number of nitrogens with zero attached hydrogens (tertiary/aromatic N) is 1. The van der Waals surface area contributed by atoms with E-state index in [0.717, 1.165) is 15.6 Å². The number of carbonyl (C=O) groups excluding carboxylic acids is 1. The van der Waals surface area contributed by atoms with Crippen LogP contribution < -0.4 is 16.0 Å². The molecule has 1 atom stereocenters. The van der Waals surface area contributed by atoms with E-state index < -0.39 is 10.0 Å². The molecular formula is C20H28N4O3S. The molecule has 0 fully saturated rings. The van der Waals surface area contributed by atoms with Crippen molar-refractivity contribution in [3.05, 3.63) is 54.1 Å². The molecule has 0 bridgehead atoms. The highest BCUT2D eigenvalue weighted by Crippen LogP contribution is 2.26. The predicted octanol–water partition coefficient (Wildman–Crippen LogP) is 2.66. The fourth-order valence-electron chi connectivity index (χ4n) is 2.68. The summed E-state index contributed by atoms with van der Waals surface area (Å²) in [6, 6.07) is 14.4. The average Bonchev–Trinajstić information content (AvgIpc) is 2.67. The van der Waals surface area contributed by atoms with Crippen molar-refractivity contribution in [2.45, 2.75) is 24.8 Å². The summed E-state index contributed by atoms with van der Waals surface area (Å²) >= 11 is 0. The Balaban J connectivity index is 2.12. The summed E-state index contributed by atoms with van der Waals surface area (Å²) in [5, 5.41) is 9.15. The third-order valence-electron chi connectivity index (χ3n) is 4.25. The van der Waals surface area contributed by atoms with E-state index in [1.807, 2.05) is 44.2 Å². The highest BCUT2D eigenvalue weighted by Gasteiger charge is 2.19. The molecule has 0 spiro atoms. The standard InChI is InChI=1S/C20H28N4O3S/c1-5-21-18-12-11-17(28(26,27)24(3)4)13-19(18)22-14-20(25)23-15(2)16-9-7-6-8-10-16/h6-13,15,21-22H,5,14H2,1-4H3,(H,23,25). The van der Waals surface area contributed by atoms with Gasteiger partial charge in [0.15, 0.2) is 0 Å². The maximum absolute atomic E-state index is 12.4. The molecule has 152 valence electrons. The van der Waals surface area contributed by atoms with Crippen LogP contribution in [-0.4, -0.2) is 45.8 Å². The summed E-state index contributed by atoms with van der Waals surface area (Å²) in [7, 11) is -0.589. The first kappa shape index (κ1) is 21.7. The number of rotatable bonds is 9. The Morgan fingerprint density at radius 3 is 2.32 bits per heavy atom. The summed E-state index contributed by atoms with van der Waals surface area (Å²) < 4.78 is 25.9. The molecule has 0 radical (unpaired) electrons. The molecule has 2 aromatic rings. The van der Waals surface area contributed by atoms with E-state index in [1.54, 1.807) is 18.2 Å². The van der Waals surface area contributed by atoms with Gasteiger partial charge in [-0.1, -0.05) is 30.3 Å². The van der Waals surface area contributed by atoms with Crippen LogP contribution in [0.5, 0.6) is 0 Å². The van der Waals surface area contributed by atoms with Gasteiger partial charge in [0.1, 0.15) is 0 Å². The molecule has 0 aliphatic carbocycles. The van der Waals surface area contributed by atoms with Gasteiger partial charge in [-0.15, -0.1) is 0 Å². The lowest BCUT2D eigenvalue weighted by Crippen LogP contribution is -2.32. The van der Waals surface area contributed by atoms with E-state index in [0.29, 0.717) is 12.2 Å². The number of carbonyl (C=O) groups is 1. The van der Waals surface area contributed by atoms with Gasteiger partial charge in [-0.25, -0.2) is 12.7 Å². The number of hydrogen-bond donors (Lipinski definition) is 3. The Kier molecular flexibility index (Phi) is 7.42. The maximum Gasteiger partial charge on any atom is 0.242 e. The molecule has 0 heterocycles. The zero-order chi connectivity index (χ0) is 20.7. The Morgan fingerprint density at radius 1 is 1.04 bits per heavy atom. The van der Waals surface area contributed by atoms with Crippen LogP contribution in [0.2, 0.25) is 0 Å². The first-order chi connectivity index (χ1) is 13.3. The number of nitrogens with one attached hydrogen (secondary N) is 3. The molecule has 0 saturated heterocycles. The molecule has 3 N–H and O–H groups in total. The van der Waals surface area contributed by atoms with Crippen LogP contribution in [-0.2, 0) is 14.8 Å². The van der Waals surface area contributed by atoms with Crippen molar-refractivity contribution in [2.24, 2.45) is 0 Å². The third-order valence-corrected chi connectivity index (χ3v) is 6.06. The largest absolute Gasteiger partial charge is 0.384 e. The van der Waals surface area contributed by atoms with Gasteiger partial charge < -0.3 is 16.0 Å². The number of anilines is 2. The minimum absolute atomic E-state index is 0.0288. The molecular weight excluding hydrogens is 376 g/mol. The van der Waals surface area contributed by atoms with Crippen molar-refractivity contribution in [3.8, 4) is 0 Å². The van der Waals surface area contributed by atoms with E-state index in [9.17, 15) is 13.2 Å². The number of hydrogen-bond acceptors (Lipinski definition) is 5. The van der Waals surface area contributed by atoms with Crippen LogP contribution in [0.4, 0.5) is 11.4 Å². The topological polar surface area (TPSA) is 90.5 Å². The Morgan fingerprint density at radius 2 is 1.71 bits per heavy atom. The van der Waals surface area contributed by atoms with E-state index in [1.165, 1.54) is 14.1 Å². The van der Waals surface area contributed by atoms with Crippen molar-refractivity contribution in [1.29, 1.82) is 0 Å². The van der Waals surface area contributed by atoms with Gasteiger partial charge in [0.25, 0.3) is 0 Å². The zero-order valence-corrected chi connectivity index (χ0v) is 17.5. The zero-order valence-electron chi connectivity index (χ0n) is 16.7. The first-order valence-corrected chi connectivity index (χ1v) is 10.6. The molecule has 1 unspecified atom stereocenters. The van der Waals surface area contributed by atoms with Crippen molar-refractivity contribution >= 4 is 27.3 Å². The molecule has 0 aliphatic heterocycles. The second kappa shape index (κ2) is 9.57. The van der Waals surface area contributed by atoms with Gasteiger partial charge in [0.05, 0.1) is 28.9 Å². The lowest BCUT2D eigenvalue weighted by atomic mass is 10.1. The lowest BCUT2D eigenvalue weighted by Gasteiger charge is -2.18. The van der Waals surface area contributed by atoms with Crippen LogP contribution in [0.25, 0.3) is 0 Å². The summed E-state index contributed by atoms with van der Waals surface area (Å²) in [6.45, 7) is 4.57. The molecule has 8 heteroatoms. The molecule has 7 nitrogen and oxygen atoms in total. The smallest absolute Gasteiger partial charge is 0.242 e. The summed E-state index contributed by atoms with van der Waals surface area (Å²) in [5.41, 5.74) is 2.32. The molecule has 2 aromatic carbocycles. The second-order valence-electron chi connectivity index (χ2n) is 6.58. The number of benzene rings is 2.